The number of methoxy groups -OCH3 is 1. The summed E-state index contributed by atoms with van der Waals surface area (Å²) >= 11 is 5.96. The van der Waals surface area contributed by atoms with Gasteiger partial charge in [-0.05, 0) is 30.2 Å². The van der Waals surface area contributed by atoms with Crippen molar-refractivity contribution in [1.82, 2.24) is 4.98 Å². The van der Waals surface area contributed by atoms with Crippen molar-refractivity contribution < 1.29 is 9.47 Å². The first-order chi connectivity index (χ1) is 9.24. The number of ether oxygens (including phenoxy) is 2. The van der Waals surface area contributed by atoms with Crippen LogP contribution < -0.4 is 9.47 Å². The predicted octanol–water partition coefficient (Wildman–Crippen LogP) is 4.20. The van der Waals surface area contributed by atoms with E-state index in [1.54, 1.807) is 19.5 Å². The fourth-order valence-corrected chi connectivity index (χ4v) is 1.92. The van der Waals surface area contributed by atoms with Gasteiger partial charge in [0.15, 0.2) is 11.5 Å². The first kappa shape index (κ1) is 13.7. The average molecular weight is 278 g/mol. The van der Waals surface area contributed by atoms with Crippen molar-refractivity contribution in [3.8, 4) is 22.6 Å². The molecule has 0 aliphatic heterocycles. The molecule has 0 saturated heterocycles. The van der Waals surface area contributed by atoms with E-state index in [1.807, 2.05) is 24.3 Å². The van der Waals surface area contributed by atoms with Gasteiger partial charge in [0.1, 0.15) is 0 Å². The molecule has 0 saturated carbocycles. The molecular weight excluding hydrogens is 262 g/mol. The highest BCUT2D eigenvalue weighted by Crippen LogP contribution is 2.33. The maximum absolute atomic E-state index is 5.96. The predicted molar refractivity (Wildman–Crippen MR) is 77.0 cm³/mol. The van der Waals surface area contributed by atoms with Crippen LogP contribution in [0.3, 0.4) is 0 Å². The fourth-order valence-electron chi connectivity index (χ4n) is 1.75. The molecule has 3 nitrogen and oxygen atoms in total. The lowest BCUT2D eigenvalue weighted by molar-refractivity contribution is 0.294. The number of rotatable bonds is 5. The quantitative estimate of drug-likeness (QED) is 0.821. The van der Waals surface area contributed by atoms with Gasteiger partial charge in [-0.25, -0.2) is 0 Å². The average Bonchev–Trinajstić information content (AvgIpc) is 2.44. The molecule has 0 unspecified atom stereocenters. The zero-order valence-electron chi connectivity index (χ0n) is 11.0. The lowest BCUT2D eigenvalue weighted by Gasteiger charge is -2.12. The smallest absolute Gasteiger partial charge is 0.161 e. The second-order valence-corrected chi connectivity index (χ2v) is 4.54. The van der Waals surface area contributed by atoms with Gasteiger partial charge in [-0.2, -0.15) is 0 Å². The van der Waals surface area contributed by atoms with Crippen LogP contribution in [0.2, 0.25) is 5.02 Å². The van der Waals surface area contributed by atoms with Crippen LogP contribution in [0.15, 0.2) is 36.7 Å². The molecule has 0 amide bonds. The Hall–Kier alpha value is -1.74. The number of hydrogen-bond donors (Lipinski definition) is 0. The largest absolute Gasteiger partial charge is 0.493 e. The number of aromatic nitrogens is 1. The van der Waals surface area contributed by atoms with Gasteiger partial charge in [0.2, 0.25) is 0 Å². The summed E-state index contributed by atoms with van der Waals surface area (Å²) in [6.45, 7) is 2.73. The van der Waals surface area contributed by atoms with Gasteiger partial charge in [0.05, 0.1) is 18.7 Å². The van der Waals surface area contributed by atoms with E-state index >= 15 is 0 Å². The molecule has 0 spiro atoms. The Kier molecular flexibility index (Phi) is 4.63. The molecule has 1 heterocycles. The highest BCUT2D eigenvalue weighted by Gasteiger charge is 2.07. The lowest BCUT2D eigenvalue weighted by atomic mass is 10.1. The van der Waals surface area contributed by atoms with Gasteiger partial charge in [0, 0.05) is 18.0 Å². The molecule has 0 radical (unpaired) electrons. The minimum absolute atomic E-state index is 0.615. The summed E-state index contributed by atoms with van der Waals surface area (Å²) in [5.74, 6) is 1.47. The SMILES string of the molecule is CCCOc1cc(-c2cncc(Cl)c2)ccc1OC. The van der Waals surface area contributed by atoms with Crippen LogP contribution in [0, 0.1) is 0 Å². The van der Waals surface area contributed by atoms with Crippen LogP contribution in [0.1, 0.15) is 13.3 Å². The molecule has 19 heavy (non-hydrogen) atoms. The van der Waals surface area contributed by atoms with Crippen LogP contribution in [0.4, 0.5) is 0 Å². The third kappa shape index (κ3) is 3.38. The number of benzene rings is 1. The molecule has 0 fully saturated rings. The van der Waals surface area contributed by atoms with Crippen LogP contribution in [0.5, 0.6) is 11.5 Å². The first-order valence-corrected chi connectivity index (χ1v) is 6.54. The standard InChI is InChI=1S/C15H16ClNO2/c1-3-6-19-15-8-11(4-5-14(15)18-2)12-7-13(16)10-17-9-12/h4-5,7-10H,3,6H2,1-2H3. The zero-order valence-corrected chi connectivity index (χ0v) is 11.8. The molecule has 0 N–H and O–H groups in total. The number of pyridine rings is 1. The molecule has 0 bridgehead atoms. The normalized spacial score (nSPS) is 10.3. The maximum Gasteiger partial charge on any atom is 0.161 e. The molecule has 0 aliphatic rings. The van der Waals surface area contributed by atoms with Gasteiger partial charge >= 0.3 is 0 Å². The minimum Gasteiger partial charge on any atom is -0.493 e. The van der Waals surface area contributed by atoms with Crippen molar-refractivity contribution in [1.29, 1.82) is 0 Å². The first-order valence-electron chi connectivity index (χ1n) is 6.16. The van der Waals surface area contributed by atoms with Crippen LogP contribution >= 0.6 is 11.6 Å². The minimum atomic E-state index is 0.615. The highest BCUT2D eigenvalue weighted by molar-refractivity contribution is 6.30. The van der Waals surface area contributed by atoms with E-state index in [-0.39, 0.29) is 0 Å². The summed E-state index contributed by atoms with van der Waals surface area (Å²) in [5, 5.41) is 0.615. The Bertz CT molecular complexity index is 558. The van der Waals surface area contributed by atoms with E-state index in [0.29, 0.717) is 11.6 Å². The molecule has 1 aromatic carbocycles. The second kappa shape index (κ2) is 6.43. The Morgan fingerprint density at radius 1 is 1.11 bits per heavy atom. The van der Waals surface area contributed by atoms with Gasteiger partial charge in [0.25, 0.3) is 0 Å². The maximum atomic E-state index is 5.96. The third-order valence-corrected chi connectivity index (χ3v) is 2.87. The van der Waals surface area contributed by atoms with E-state index in [0.717, 1.165) is 29.0 Å². The van der Waals surface area contributed by atoms with Crippen molar-refractivity contribution in [3.63, 3.8) is 0 Å². The molecule has 4 heteroatoms. The van der Waals surface area contributed by atoms with Crippen molar-refractivity contribution in [2.75, 3.05) is 13.7 Å². The summed E-state index contributed by atoms with van der Waals surface area (Å²) in [4.78, 5) is 4.09. The Morgan fingerprint density at radius 2 is 1.95 bits per heavy atom. The third-order valence-electron chi connectivity index (χ3n) is 2.66. The molecule has 1 aromatic heterocycles. The van der Waals surface area contributed by atoms with Crippen molar-refractivity contribution in [3.05, 3.63) is 41.7 Å². The summed E-state index contributed by atoms with van der Waals surface area (Å²) in [7, 11) is 1.63. The van der Waals surface area contributed by atoms with Crippen molar-refractivity contribution in [2.24, 2.45) is 0 Å². The van der Waals surface area contributed by atoms with Crippen LogP contribution in [-0.4, -0.2) is 18.7 Å². The Balaban J connectivity index is 2.36. The van der Waals surface area contributed by atoms with Crippen molar-refractivity contribution >= 4 is 11.6 Å². The van der Waals surface area contributed by atoms with Crippen LogP contribution in [0.25, 0.3) is 11.1 Å². The zero-order chi connectivity index (χ0) is 13.7. The summed E-state index contributed by atoms with van der Waals surface area (Å²) in [6.07, 6.45) is 4.34. The summed E-state index contributed by atoms with van der Waals surface area (Å²) in [6, 6.07) is 7.67. The molecule has 0 aliphatic carbocycles. The second-order valence-electron chi connectivity index (χ2n) is 4.11. The van der Waals surface area contributed by atoms with Gasteiger partial charge < -0.3 is 9.47 Å². The van der Waals surface area contributed by atoms with Gasteiger partial charge in [-0.1, -0.05) is 24.6 Å². The van der Waals surface area contributed by atoms with Crippen molar-refractivity contribution in [2.45, 2.75) is 13.3 Å². The van der Waals surface area contributed by atoms with E-state index in [2.05, 4.69) is 11.9 Å². The van der Waals surface area contributed by atoms with Crippen LogP contribution in [-0.2, 0) is 0 Å². The van der Waals surface area contributed by atoms with E-state index < -0.39 is 0 Å². The fraction of sp³-hybridized carbons (Fsp3) is 0.267. The molecule has 100 valence electrons. The topological polar surface area (TPSA) is 31.4 Å². The van der Waals surface area contributed by atoms with E-state index in [9.17, 15) is 0 Å². The monoisotopic (exact) mass is 277 g/mol. The highest BCUT2D eigenvalue weighted by atomic mass is 35.5. The molecule has 2 aromatic rings. The number of halogens is 1. The lowest BCUT2D eigenvalue weighted by Crippen LogP contribution is -1.98. The Labute approximate surface area is 118 Å². The molecule has 2 rings (SSSR count). The number of hydrogen-bond acceptors (Lipinski definition) is 3. The number of nitrogens with zero attached hydrogens (tertiary/aromatic N) is 1. The van der Waals surface area contributed by atoms with E-state index in [4.69, 9.17) is 21.1 Å². The van der Waals surface area contributed by atoms with E-state index in [1.165, 1.54) is 0 Å². The summed E-state index contributed by atoms with van der Waals surface area (Å²) in [5.41, 5.74) is 1.96. The van der Waals surface area contributed by atoms with Gasteiger partial charge in [-0.3, -0.25) is 4.98 Å². The molecule has 0 atom stereocenters. The van der Waals surface area contributed by atoms with Gasteiger partial charge in [-0.15, -0.1) is 0 Å². The summed E-state index contributed by atoms with van der Waals surface area (Å²) < 4.78 is 11.0. The Morgan fingerprint density at radius 3 is 2.63 bits per heavy atom. The molecular formula is C15H16ClNO2.